The topological polar surface area (TPSA) is 0 Å². The van der Waals surface area contributed by atoms with Gasteiger partial charge in [0.1, 0.15) is 0 Å². The predicted octanol–water partition coefficient (Wildman–Crippen LogP) is 4.38. The second kappa shape index (κ2) is 4.44. The van der Waals surface area contributed by atoms with Crippen molar-refractivity contribution in [3.05, 3.63) is 82.5 Å². The number of hydrogen-bond acceptors (Lipinski definition) is 0. The first-order valence-electron chi connectivity index (χ1n) is 5.68. The summed E-state index contributed by atoms with van der Waals surface area (Å²) in [7, 11) is 0. The molecular weight excluding hydrogens is 275 g/mol. The van der Waals surface area contributed by atoms with Crippen molar-refractivity contribution in [3.63, 3.8) is 0 Å². The first-order chi connectivity index (χ1) is 9.52. The molecule has 0 aliphatic heterocycles. The molecule has 20 heavy (non-hydrogen) atoms. The molecule has 0 nitrogen and oxygen atoms in total. The molecular formula is C15H6F5. The monoisotopic (exact) mass is 281 g/mol. The molecule has 101 valence electrons. The summed E-state index contributed by atoms with van der Waals surface area (Å²) in [6.45, 7) is 0. The molecule has 0 N–H and O–H groups in total. The van der Waals surface area contributed by atoms with Crippen LogP contribution in [-0.4, -0.2) is 0 Å². The van der Waals surface area contributed by atoms with Gasteiger partial charge in [-0.3, -0.25) is 0 Å². The maximum Gasteiger partial charge on any atom is 0.200 e. The Morgan fingerprint density at radius 2 is 1.20 bits per heavy atom. The predicted molar refractivity (Wildman–Crippen MR) is 63.2 cm³/mol. The zero-order chi connectivity index (χ0) is 14.4. The van der Waals surface area contributed by atoms with Crippen LogP contribution >= 0.6 is 0 Å². The zero-order valence-corrected chi connectivity index (χ0v) is 9.85. The van der Waals surface area contributed by atoms with E-state index in [0.717, 1.165) is 0 Å². The highest BCUT2D eigenvalue weighted by molar-refractivity contribution is 5.87. The van der Waals surface area contributed by atoms with E-state index in [4.69, 9.17) is 0 Å². The number of halogens is 5. The molecule has 2 aromatic carbocycles. The van der Waals surface area contributed by atoms with Crippen molar-refractivity contribution in [1.82, 2.24) is 0 Å². The van der Waals surface area contributed by atoms with Crippen LogP contribution in [0, 0.1) is 35.5 Å². The second-order valence-corrected chi connectivity index (χ2v) is 4.28. The lowest BCUT2D eigenvalue weighted by Crippen LogP contribution is -2.06. The van der Waals surface area contributed by atoms with Crippen LogP contribution in [0.15, 0.2) is 30.3 Å². The molecule has 0 spiro atoms. The van der Waals surface area contributed by atoms with Crippen LogP contribution in [0.5, 0.6) is 0 Å². The van der Waals surface area contributed by atoms with Gasteiger partial charge in [0.05, 0.1) is 5.56 Å². The van der Waals surface area contributed by atoms with Crippen molar-refractivity contribution >= 4 is 5.57 Å². The summed E-state index contributed by atoms with van der Waals surface area (Å²) < 4.78 is 67.0. The van der Waals surface area contributed by atoms with E-state index in [1.54, 1.807) is 30.7 Å². The minimum absolute atomic E-state index is 0.0200. The van der Waals surface area contributed by atoms with E-state index >= 15 is 0 Å². The van der Waals surface area contributed by atoms with Gasteiger partial charge >= 0.3 is 0 Å². The minimum atomic E-state index is -2.15. The Bertz CT molecular complexity index is 717. The summed E-state index contributed by atoms with van der Waals surface area (Å²) in [5, 5.41) is 0. The van der Waals surface area contributed by atoms with E-state index in [0.29, 0.717) is 11.1 Å². The van der Waals surface area contributed by atoms with Gasteiger partial charge in [-0.15, -0.1) is 0 Å². The molecule has 3 rings (SSSR count). The molecule has 0 aromatic heterocycles. The van der Waals surface area contributed by atoms with Crippen molar-refractivity contribution in [1.29, 1.82) is 0 Å². The molecule has 1 aliphatic rings. The summed E-state index contributed by atoms with van der Waals surface area (Å²) in [5.41, 5.74) is 0.165. The maximum atomic E-state index is 13.8. The van der Waals surface area contributed by atoms with Gasteiger partial charge in [-0.1, -0.05) is 30.3 Å². The molecule has 0 saturated carbocycles. The minimum Gasteiger partial charge on any atom is -0.203 e. The third-order valence-corrected chi connectivity index (χ3v) is 3.16. The lowest BCUT2D eigenvalue weighted by Gasteiger charge is -2.10. The van der Waals surface area contributed by atoms with E-state index in [-0.39, 0.29) is 5.57 Å². The Hall–Kier alpha value is -2.17. The van der Waals surface area contributed by atoms with Crippen molar-refractivity contribution in [3.8, 4) is 0 Å². The average molecular weight is 281 g/mol. The van der Waals surface area contributed by atoms with Crippen LogP contribution in [0.2, 0.25) is 0 Å². The SMILES string of the molecule is Fc1c(F)c(F)c(C2=C[CH]c3ccccc32)c(F)c1F. The number of rotatable bonds is 1. The quantitative estimate of drug-likeness (QED) is 0.413. The number of fused-ring (bicyclic) bond motifs is 1. The summed E-state index contributed by atoms with van der Waals surface area (Å²) in [6.07, 6.45) is 2.89. The fourth-order valence-corrected chi connectivity index (χ4v) is 2.21. The Kier molecular flexibility index (Phi) is 2.85. The first-order valence-corrected chi connectivity index (χ1v) is 5.68. The van der Waals surface area contributed by atoms with Crippen LogP contribution in [-0.2, 0) is 0 Å². The first kappa shape index (κ1) is 12.8. The van der Waals surface area contributed by atoms with Crippen LogP contribution in [0.3, 0.4) is 0 Å². The van der Waals surface area contributed by atoms with Crippen LogP contribution < -0.4 is 0 Å². The van der Waals surface area contributed by atoms with Gasteiger partial charge in [0.15, 0.2) is 23.3 Å². The van der Waals surface area contributed by atoms with Crippen LogP contribution in [0.25, 0.3) is 5.57 Å². The lowest BCUT2D eigenvalue weighted by molar-refractivity contribution is 0.376. The summed E-state index contributed by atoms with van der Waals surface area (Å²) in [4.78, 5) is 0. The van der Waals surface area contributed by atoms with Crippen molar-refractivity contribution in [2.24, 2.45) is 0 Å². The Morgan fingerprint density at radius 1 is 0.650 bits per heavy atom. The highest BCUT2D eigenvalue weighted by Gasteiger charge is 2.30. The summed E-state index contributed by atoms with van der Waals surface area (Å²) >= 11 is 0. The zero-order valence-electron chi connectivity index (χ0n) is 9.85. The van der Waals surface area contributed by atoms with E-state index < -0.39 is 34.6 Å². The number of allylic oxidation sites excluding steroid dienone is 1. The molecule has 0 heterocycles. The van der Waals surface area contributed by atoms with Gasteiger partial charge < -0.3 is 0 Å². The average Bonchev–Trinajstić information content (AvgIpc) is 2.87. The molecule has 0 bridgehead atoms. The lowest BCUT2D eigenvalue weighted by atomic mass is 9.98. The van der Waals surface area contributed by atoms with Crippen LogP contribution in [0.1, 0.15) is 16.7 Å². The fraction of sp³-hybridized carbons (Fsp3) is 0. The molecule has 1 radical (unpaired) electrons. The molecule has 1 aliphatic carbocycles. The normalized spacial score (nSPS) is 13.3. The highest BCUT2D eigenvalue weighted by Crippen LogP contribution is 2.37. The standard InChI is InChI=1S/C15H6F5/c16-11-10(12(17)14(19)15(20)13(11)18)9-6-5-7-3-1-2-4-8(7)9/h1-6H. The van der Waals surface area contributed by atoms with Gasteiger partial charge in [0, 0.05) is 6.42 Å². The summed E-state index contributed by atoms with van der Waals surface area (Å²) in [5.74, 6) is -9.68. The Morgan fingerprint density at radius 3 is 1.85 bits per heavy atom. The molecule has 0 unspecified atom stereocenters. The van der Waals surface area contributed by atoms with E-state index in [2.05, 4.69) is 0 Å². The molecule has 0 atom stereocenters. The van der Waals surface area contributed by atoms with Gasteiger partial charge in [-0.2, -0.15) is 0 Å². The second-order valence-electron chi connectivity index (χ2n) is 4.28. The fourth-order valence-electron chi connectivity index (χ4n) is 2.21. The smallest absolute Gasteiger partial charge is 0.200 e. The molecule has 2 aromatic rings. The van der Waals surface area contributed by atoms with Crippen molar-refractivity contribution < 1.29 is 22.0 Å². The van der Waals surface area contributed by atoms with Gasteiger partial charge in [0.25, 0.3) is 0 Å². The van der Waals surface area contributed by atoms with E-state index in [9.17, 15) is 22.0 Å². The van der Waals surface area contributed by atoms with Gasteiger partial charge in [0.2, 0.25) is 5.82 Å². The van der Waals surface area contributed by atoms with Crippen molar-refractivity contribution in [2.75, 3.05) is 0 Å². The number of hydrogen-bond donors (Lipinski definition) is 0. The molecule has 5 heteroatoms. The van der Waals surface area contributed by atoms with E-state index in [1.165, 1.54) is 6.08 Å². The van der Waals surface area contributed by atoms with Gasteiger partial charge in [-0.05, 0) is 16.7 Å². The van der Waals surface area contributed by atoms with E-state index in [1.807, 2.05) is 0 Å². The Labute approximate surface area is 111 Å². The Balaban J connectivity index is 2.28. The third-order valence-electron chi connectivity index (χ3n) is 3.16. The van der Waals surface area contributed by atoms with Crippen LogP contribution in [0.4, 0.5) is 22.0 Å². The highest BCUT2D eigenvalue weighted by atomic mass is 19.2. The third kappa shape index (κ3) is 1.66. The van der Waals surface area contributed by atoms with Gasteiger partial charge in [-0.25, -0.2) is 22.0 Å². The molecule has 0 saturated heterocycles. The maximum absolute atomic E-state index is 13.8. The summed E-state index contributed by atoms with van der Waals surface area (Å²) in [6, 6.07) is 6.58. The largest absolute Gasteiger partial charge is 0.203 e. The molecule has 0 fully saturated rings. The van der Waals surface area contributed by atoms with Crippen molar-refractivity contribution in [2.45, 2.75) is 0 Å². The number of benzene rings is 2. The molecule has 0 amide bonds.